The van der Waals surface area contributed by atoms with Crippen molar-refractivity contribution in [3.63, 3.8) is 0 Å². The molecule has 6 heteroatoms. The molecule has 0 spiro atoms. The Balaban J connectivity index is 2.12. The number of carbonyl (C=O) groups is 1. The number of anilines is 1. The third kappa shape index (κ3) is 3.28. The van der Waals surface area contributed by atoms with Crippen LogP contribution in [0.1, 0.15) is 21.6 Å². The number of aromatic amines is 1. The van der Waals surface area contributed by atoms with Crippen LogP contribution >= 0.6 is 0 Å². The van der Waals surface area contributed by atoms with Crippen molar-refractivity contribution in [1.82, 2.24) is 4.98 Å². The first-order chi connectivity index (χ1) is 9.88. The maximum absolute atomic E-state index is 12.1. The Morgan fingerprint density at radius 1 is 1.33 bits per heavy atom. The van der Waals surface area contributed by atoms with Gasteiger partial charge in [0.05, 0.1) is 23.4 Å². The van der Waals surface area contributed by atoms with Crippen molar-refractivity contribution in [3.8, 4) is 0 Å². The number of rotatable bonds is 5. The molecule has 21 heavy (non-hydrogen) atoms. The summed E-state index contributed by atoms with van der Waals surface area (Å²) in [6, 6.07) is 7.27. The number of nitrogens with one attached hydrogen (secondary N) is 1. The lowest BCUT2D eigenvalue weighted by molar-refractivity contribution is -0.384. The van der Waals surface area contributed by atoms with Crippen LogP contribution < -0.4 is 4.90 Å². The Morgan fingerprint density at radius 3 is 2.62 bits per heavy atom. The summed E-state index contributed by atoms with van der Waals surface area (Å²) in [5, 5.41) is 10.6. The fourth-order valence-corrected chi connectivity index (χ4v) is 2.27. The maximum atomic E-state index is 12.1. The summed E-state index contributed by atoms with van der Waals surface area (Å²) < 4.78 is 0. The van der Waals surface area contributed by atoms with Crippen LogP contribution in [0, 0.1) is 24.0 Å². The molecule has 2 aromatic rings. The zero-order valence-electron chi connectivity index (χ0n) is 12.2. The molecule has 0 aliphatic rings. The van der Waals surface area contributed by atoms with Crippen LogP contribution in [0.5, 0.6) is 0 Å². The predicted molar refractivity (Wildman–Crippen MR) is 81.0 cm³/mol. The van der Waals surface area contributed by atoms with Crippen LogP contribution in [-0.4, -0.2) is 29.3 Å². The van der Waals surface area contributed by atoms with Gasteiger partial charge >= 0.3 is 0 Å². The lowest BCUT2D eigenvalue weighted by Crippen LogP contribution is -2.26. The van der Waals surface area contributed by atoms with Gasteiger partial charge in [-0.15, -0.1) is 0 Å². The van der Waals surface area contributed by atoms with E-state index in [1.807, 2.05) is 37.9 Å². The second-order valence-corrected chi connectivity index (χ2v) is 5.10. The molecule has 0 unspecified atom stereocenters. The molecule has 2 rings (SSSR count). The number of nitro groups is 1. The van der Waals surface area contributed by atoms with Crippen LogP contribution in [0.2, 0.25) is 0 Å². The van der Waals surface area contributed by atoms with Crippen LogP contribution in [0.25, 0.3) is 0 Å². The molecular weight excluding hydrogens is 270 g/mol. The van der Waals surface area contributed by atoms with E-state index in [2.05, 4.69) is 11.1 Å². The molecular formula is C15H17N3O3. The first-order valence-electron chi connectivity index (χ1n) is 6.53. The highest BCUT2D eigenvalue weighted by Crippen LogP contribution is 2.20. The Hall–Kier alpha value is -2.63. The Bertz CT molecular complexity index is 691. The fourth-order valence-electron chi connectivity index (χ4n) is 2.27. The second kappa shape index (κ2) is 5.78. The number of benzene rings is 1. The van der Waals surface area contributed by atoms with Gasteiger partial charge < -0.3 is 9.88 Å². The van der Waals surface area contributed by atoms with E-state index >= 15 is 0 Å². The topological polar surface area (TPSA) is 79.2 Å². The van der Waals surface area contributed by atoms with E-state index in [1.165, 1.54) is 12.3 Å². The molecule has 0 fully saturated rings. The summed E-state index contributed by atoms with van der Waals surface area (Å²) in [5.41, 5.74) is 3.36. The van der Waals surface area contributed by atoms with E-state index in [4.69, 9.17) is 0 Å². The van der Waals surface area contributed by atoms with Crippen molar-refractivity contribution in [2.24, 2.45) is 0 Å². The Labute approximate surface area is 122 Å². The van der Waals surface area contributed by atoms with Crippen molar-refractivity contribution in [3.05, 3.63) is 57.4 Å². The minimum atomic E-state index is -0.527. The molecule has 6 nitrogen and oxygen atoms in total. The van der Waals surface area contributed by atoms with Crippen LogP contribution in [-0.2, 0) is 0 Å². The third-order valence-electron chi connectivity index (χ3n) is 3.32. The predicted octanol–water partition coefficient (Wildman–Crippen LogP) is 2.86. The number of Topliss-reactive ketones (excluding diaryl/α,β-unsaturated/α-hetero) is 1. The van der Waals surface area contributed by atoms with Gasteiger partial charge in [-0.1, -0.05) is 17.7 Å². The van der Waals surface area contributed by atoms with Gasteiger partial charge in [-0.05, 0) is 25.5 Å². The lowest BCUT2D eigenvalue weighted by atomic mass is 10.1. The first-order valence-corrected chi connectivity index (χ1v) is 6.53. The number of aromatic nitrogens is 1. The van der Waals surface area contributed by atoms with Gasteiger partial charge in [-0.25, -0.2) is 0 Å². The molecule has 1 N–H and O–H groups in total. The molecule has 0 amide bonds. The van der Waals surface area contributed by atoms with Gasteiger partial charge in [0.2, 0.25) is 0 Å². The molecule has 1 aromatic heterocycles. The highest BCUT2D eigenvalue weighted by atomic mass is 16.6. The van der Waals surface area contributed by atoms with Crippen molar-refractivity contribution in [2.75, 3.05) is 18.5 Å². The summed E-state index contributed by atoms with van der Waals surface area (Å²) >= 11 is 0. The summed E-state index contributed by atoms with van der Waals surface area (Å²) in [6.07, 6.45) is 1.23. The fraction of sp³-hybridized carbons (Fsp3) is 0.267. The number of nitrogens with zero attached hydrogens (tertiary/aromatic N) is 2. The van der Waals surface area contributed by atoms with Crippen molar-refractivity contribution >= 4 is 17.2 Å². The van der Waals surface area contributed by atoms with Gasteiger partial charge in [-0.3, -0.25) is 14.9 Å². The average Bonchev–Trinajstić information content (AvgIpc) is 2.88. The largest absolute Gasteiger partial charge is 0.367 e. The average molecular weight is 287 g/mol. The monoisotopic (exact) mass is 287 g/mol. The Kier molecular flexibility index (Phi) is 4.07. The highest BCUT2D eigenvalue weighted by molar-refractivity contribution is 5.98. The number of hydrogen-bond donors (Lipinski definition) is 1. The quantitative estimate of drug-likeness (QED) is 0.521. The molecule has 1 heterocycles. The van der Waals surface area contributed by atoms with Gasteiger partial charge in [0.1, 0.15) is 0 Å². The number of H-pyrrole nitrogens is 1. The standard InChI is InChI=1S/C15H17N3O3/c1-10-4-5-14(11(2)6-10)17(3)9-15(19)13-7-12(8-16-13)18(20)21/h4-8,16H,9H2,1-3H3. The minimum absolute atomic E-state index is 0.104. The van der Waals surface area contributed by atoms with Gasteiger partial charge in [0.25, 0.3) is 5.69 Å². The van der Waals surface area contributed by atoms with Crippen LogP contribution in [0.4, 0.5) is 11.4 Å². The summed E-state index contributed by atoms with van der Waals surface area (Å²) in [5.74, 6) is -0.189. The lowest BCUT2D eigenvalue weighted by Gasteiger charge is -2.20. The maximum Gasteiger partial charge on any atom is 0.287 e. The summed E-state index contributed by atoms with van der Waals surface area (Å²) in [6.45, 7) is 4.16. The van der Waals surface area contributed by atoms with E-state index in [9.17, 15) is 14.9 Å². The number of ketones is 1. The SMILES string of the molecule is Cc1ccc(N(C)CC(=O)c2cc([N+](=O)[O-])c[nH]2)c(C)c1. The summed E-state index contributed by atoms with van der Waals surface area (Å²) in [7, 11) is 1.83. The second-order valence-electron chi connectivity index (χ2n) is 5.10. The molecule has 0 aliphatic heterocycles. The molecule has 0 saturated heterocycles. The normalized spacial score (nSPS) is 10.4. The first kappa shape index (κ1) is 14.8. The van der Waals surface area contributed by atoms with Gasteiger partial charge in [-0.2, -0.15) is 0 Å². The van der Waals surface area contributed by atoms with E-state index < -0.39 is 4.92 Å². The molecule has 0 bridgehead atoms. The molecule has 1 aromatic carbocycles. The van der Waals surface area contributed by atoms with E-state index in [0.717, 1.165) is 16.8 Å². The van der Waals surface area contributed by atoms with Crippen LogP contribution in [0.15, 0.2) is 30.5 Å². The van der Waals surface area contributed by atoms with Gasteiger partial charge in [0, 0.05) is 18.8 Å². The number of likely N-dealkylation sites (N-methyl/N-ethyl adjacent to an activating group) is 1. The number of aryl methyl sites for hydroxylation is 2. The minimum Gasteiger partial charge on any atom is -0.367 e. The van der Waals surface area contributed by atoms with E-state index in [1.54, 1.807) is 0 Å². The van der Waals surface area contributed by atoms with Crippen molar-refractivity contribution in [1.29, 1.82) is 0 Å². The zero-order chi connectivity index (χ0) is 15.6. The molecule has 0 saturated carbocycles. The third-order valence-corrected chi connectivity index (χ3v) is 3.32. The van der Waals surface area contributed by atoms with Gasteiger partial charge in [0.15, 0.2) is 5.78 Å². The van der Waals surface area contributed by atoms with E-state index in [-0.39, 0.29) is 23.7 Å². The molecule has 110 valence electrons. The van der Waals surface area contributed by atoms with E-state index in [0.29, 0.717) is 0 Å². The summed E-state index contributed by atoms with van der Waals surface area (Å²) in [4.78, 5) is 26.7. The van der Waals surface area contributed by atoms with Crippen molar-refractivity contribution < 1.29 is 9.72 Å². The molecule has 0 atom stereocenters. The molecule has 0 aliphatic carbocycles. The smallest absolute Gasteiger partial charge is 0.287 e. The van der Waals surface area contributed by atoms with Crippen molar-refractivity contribution in [2.45, 2.75) is 13.8 Å². The number of carbonyl (C=O) groups excluding carboxylic acids is 1. The van der Waals surface area contributed by atoms with Crippen LogP contribution in [0.3, 0.4) is 0 Å². The molecule has 0 radical (unpaired) electrons. The number of hydrogen-bond acceptors (Lipinski definition) is 4. The Morgan fingerprint density at radius 2 is 2.05 bits per heavy atom. The highest BCUT2D eigenvalue weighted by Gasteiger charge is 2.16. The zero-order valence-corrected chi connectivity index (χ0v) is 12.2.